The third kappa shape index (κ3) is 1.90. The van der Waals surface area contributed by atoms with Gasteiger partial charge in [-0.25, -0.2) is 8.78 Å². The largest absolute Gasteiger partial charge is 0.387 e. The molecule has 1 radical (unpaired) electrons. The van der Waals surface area contributed by atoms with Gasteiger partial charge in [-0.2, -0.15) is 0 Å². The molecule has 0 aromatic heterocycles. The summed E-state index contributed by atoms with van der Waals surface area (Å²) in [5.41, 5.74) is 0. The number of hydrogen-bond acceptors (Lipinski definition) is 1. The SMILES string of the molecule is O[C]1CCCC(F)(F)C1. The van der Waals surface area contributed by atoms with Gasteiger partial charge in [-0.3, -0.25) is 0 Å². The van der Waals surface area contributed by atoms with E-state index in [4.69, 9.17) is 5.11 Å². The summed E-state index contributed by atoms with van der Waals surface area (Å²) < 4.78 is 24.5. The minimum atomic E-state index is -2.64. The van der Waals surface area contributed by atoms with Gasteiger partial charge in [0.25, 0.3) is 5.92 Å². The third-order valence-electron chi connectivity index (χ3n) is 1.47. The summed E-state index contributed by atoms with van der Waals surface area (Å²) in [6, 6.07) is 0. The lowest BCUT2D eigenvalue weighted by Crippen LogP contribution is -2.24. The average Bonchev–Trinajstić information content (AvgIpc) is 1.60. The Morgan fingerprint density at radius 2 is 2.11 bits per heavy atom. The zero-order chi connectivity index (χ0) is 6.91. The van der Waals surface area contributed by atoms with Crippen molar-refractivity contribution in [3.05, 3.63) is 6.10 Å². The fraction of sp³-hybridized carbons (Fsp3) is 0.833. The van der Waals surface area contributed by atoms with Crippen molar-refractivity contribution in [3.8, 4) is 0 Å². The normalized spacial score (nSPS) is 28.3. The first-order valence-electron chi connectivity index (χ1n) is 3.02. The number of hydrogen-bond donors (Lipinski definition) is 1. The Morgan fingerprint density at radius 3 is 2.44 bits per heavy atom. The first kappa shape index (κ1) is 6.93. The summed E-state index contributed by atoms with van der Waals surface area (Å²) >= 11 is 0. The lowest BCUT2D eigenvalue weighted by molar-refractivity contribution is -0.0468. The summed E-state index contributed by atoms with van der Waals surface area (Å²) in [6.07, 6.45) is 0.324. The molecule has 1 N–H and O–H groups in total. The molecule has 0 atom stereocenters. The quantitative estimate of drug-likeness (QED) is 0.539. The highest BCUT2D eigenvalue weighted by atomic mass is 19.3. The lowest BCUT2D eigenvalue weighted by Gasteiger charge is -2.24. The average molecular weight is 135 g/mol. The summed E-state index contributed by atoms with van der Waals surface area (Å²) in [7, 11) is 0. The molecule has 0 heterocycles. The van der Waals surface area contributed by atoms with Crippen LogP contribution in [0.4, 0.5) is 8.78 Å². The molecule has 9 heavy (non-hydrogen) atoms. The van der Waals surface area contributed by atoms with E-state index in [0.29, 0.717) is 12.8 Å². The molecule has 0 unspecified atom stereocenters. The maximum Gasteiger partial charge on any atom is 0.251 e. The molecule has 1 fully saturated rings. The van der Waals surface area contributed by atoms with Crippen LogP contribution in [0.15, 0.2) is 0 Å². The Hall–Kier alpha value is -0.180. The van der Waals surface area contributed by atoms with Crippen molar-refractivity contribution in [3.63, 3.8) is 0 Å². The zero-order valence-electron chi connectivity index (χ0n) is 5.03. The Kier molecular flexibility index (Phi) is 1.70. The molecule has 0 bridgehead atoms. The molecule has 0 aromatic carbocycles. The molecule has 0 saturated heterocycles. The summed E-state index contributed by atoms with van der Waals surface area (Å²) in [4.78, 5) is 0. The highest BCUT2D eigenvalue weighted by Crippen LogP contribution is 2.35. The molecule has 53 valence electrons. The smallest absolute Gasteiger partial charge is 0.251 e. The van der Waals surface area contributed by atoms with Gasteiger partial charge in [0.05, 0.1) is 6.10 Å². The number of halogens is 2. The van der Waals surface area contributed by atoms with Crippen LogP contribution in [-0.2, 0) is 0 Å². The van der Waals surface area contributed by atoms with Gasteiger partial charge in [-0.1, -0.05) is 0 Å². The van der Waals surface area contributed by atoms with Gasteiger partial charge >= 0.3 is 0 Å². The maximum atomic E-state index is 12.3. The van der Waals surface area contributed by atoms with Gasteiger partial charge in [0, 0.05) is 12.8 Å². The van der Waals surface area contributed by atoms with E-state index in [1.165, 1.54) is 0 Å². The van der Waals surface area contributed by atoms with Crippen LogP contribution in [0.2, 0.25) is 0 Å². The molecular formula is C6H9F2O. The van der Waals surface area contributed by atoms with Crippen molar-refractivity contribution in [1.29, 1.82) is 0 Å². The van der Waals surface area contributed by atoms with Crippen LogP contribution in [0.1, 0.15) is 25.7 Å². The summed E-state index contributed by atoms with van der Waals surface area (Å²) in [5, 5.41) is 8.68. The predicted molar refractivity (Wildman–Crippen MR) is 28.6 cm³/mol. The van der Waals surface area contributed by atoms with Crippen LogP contribution < -0.4 is 0 Å². The fourth-order valence-electron chi connectivity index (χ4n) is 1.03. The molecule has 0 aromatic rings. The Bertz CT molecular complexity index is 103. The van der Waals surface area contributed by atoms with Crippen molar-refractivity contribution in [2.75, 3.05) is 0 Å². The van der Waals surface area contributed by atoms with Gasteiger partial charge < -0.3 is 5.11 Å². The fourth-order valence-corrected chi connectivity index (χ4v) is 1.03. The van der Waals surface area contributed by atoms with E-state index in [1.54, 1.807) is 0 Å². The molecule has 0 amide bonds. The molecule has 1 nitrogen and oxygen atoms in total. The topological polar surface area (TPSA) is 20.2 Å². The summed E-state index contributed by atoms with van der Waals surface area (Å²) in [5.74, 6) is -2.64. The van der Waals surface area contributed by atoms with Gasteiger partial charge in [-0.15, -0.1) is 0 Å². The van der Waals surface area contributed by atoms with Crippen LogP contribution in [-0.4, -0.2) is 11.0 Å². The molecular weight excluding hydrogens is 126 g/mol. The Balaban J connectivity index is 2.41. The van der Waals surface area contributed by atoms with Crippen molar-refractivity contribution < 1.29 is 13.9 Å². The molecule has 0 aliphatic heterocycles. The molecule has 0 spiro atoms. The second-order valence-corrected chi connectivity index (χ2v) is 2.45. The Labute approximate surface area is 52.7 Å². The molecule has 1 aliphatic rings. The highest BCUT2D eigenvalue weighted by Gasteiger charge is 2.35. The minimum absolute atomic E-state index is 0.0498. The van der Waals surface area contributed by atoms with E-state index >= 15 is 0 Å². The van der Waals surface area contributed by atoms with Crippen LogP contribution in [0.25, 0.3) is 0 Å². The van der Waals surface area contributed by atoms with Crippen LogP contribution >= 0.6 is 0 Å². The Morgan fingerprint density at radius 1 is 1.44 bits per heavy atom. The molecule has 1 aliphatic carbocycles. The van der Waals surface area contributed by atoms with Gasteiger partial charge in [-0.05, 0) is 12.8 Å². The van der Waals surface area contributed by atoms with Crippen LogP contribution in [0.3, 0.4) is 0 Å². The van der Waals surface area contributed by atoms with E-state index in [0.717, 1.165) is 0 Å². The van der Waals surface area contributed by atoms with Crippen molar-refractivity contribution >= 4 is 0 Å². The van der Waals surface area contributed by atoms with Crippen molar-refractivity contribution in [2.24, 2.45) is 0 Å². The van der Waals surface area contributed by atoms with E-state index in [1.807, 2.05) is 0 Å². The number of aliphatic hydroxyl groups is 1. The van der Waals surface area contributed by atoms with Gasteiger partial charge in [0.1, 0.15) is 0 Å². The second-order valence-electron chi connectivity index (χ2n) is 2.45. The van der Waals surface area contributed by atoms with E-state index in [9.17, 15) is 8.78 Å². The first-order chi connectivity index (χ1) is 4.10. The molecule has 1 rings (SSSR count). The van der Waals surface area contributed by atoms with Crippen molar-refractivity contribution in [2.45, 2.75) is 31.6 Å². The number of rotatable bonds is 0. The van der Waals surface area contributed by atoms with E-state index in [-0.39, 0.29) is 12.5 Å². The second kappa shape index (κ2) is 2.21. The lowest BCUT2D eigenvalue weighted by atomic mass is 9.94. The number of alkyl halides is 2. The van der Waals surface area contributed by atoms with Gasteiger partial charge in [0.15, 0.2) is 0 Å². The first-order valence-corrected chi connectivity index (χ1v) is 3.02. The van der Waals surface area contributed by atoms with Crippen LogP contribution in [0, 0.1) is 6.10 Å². The zero-order valence-corrected chi connectivity index (χ0v) is 5.03. The number of aliphatic hydroxyl groups excluding tert-OH is 1. The highest BCUT2D eigenvalue weighted by molar-refractivity contribution is 4.88. The predicted octanol–water partition coefficient (Wildman–Crippen LogP) is 2.10. The van der Waals surface area contributed by atoms with Crippen LogP contribution in [0.5, 0.6) is 0 Å². The maximum absolute atomic E-state index is 12.3. The van der Waals surface area contributed by atoms with E-state index in [2.05, 4.69) is 0 Å². The minimum Gasteiger partial charge on any atom is -0.387 e. The van der Waals surface area contributed by atoms with Gasteiger partial charge in [0.2, 0.25) is 0 Å². The van der Waals surface area contributed by atoms with Crippen molar-refractivity contribution in [1.82, 2.24) is 0 Å². The molecule has 3 heteroatoms. The third-order valence-corrected chi connectivity index (χ3v) is 1.47. The monoisotopic (exact) mass is 135 g/mol. The van der Waals surface area contributed by atoms with E-state index < -0.39 is 12.3 Å². The summed E-state index contributed by atoms with van der Waals surface area (Å²) in [6.45, 7) is 0. The molecule has 1 saturated carbocycles. The standard InChI is InChI=1S/C6H9F2O/c7-6(8)3-1-2-5(9)4-6/h9H,1-4H2.